The SMILES string of the molecule is Cc1cn2c3c(=O)n(Cc4ccccc4Cl)c(=O)n(C)c3nc2n1C1CCCC1. The van der Waals surface area contributed by atoms with Crippen LogP contribution in [0.5, 0.6) is 0 Å². The molecule has 0 bridgehead atoms. The van der Waals surface area contributed by atoms with Crippen molar-refractivity contribution >= 4 is 28.5 Å². The number of hydrogen-bond donors (Lipinski definition) is 0. The van der Waals surface area contributed by atoms with Gasteiger partial charge in [-0.25, -0.2) is 4.79 Å². The summed E-state index contributed by atoms with van der Waals surface area (Å²) in [5, 5.41) is 0.531. The van der Waals surface area contributed by atoms with Crippen LogP contribution in [-0.2, 0) is 13.6 Å². The Morgan fingerprint density at radius 2 is 1.90 bits per heavy atom. The Balaban J connectivity index is 1.78. The van der Waals surface area contributed by atoms with Crippen molar-refractivity contribution in [3.05, 3.63) is 67.6 Å². The number of aromatic nitrogens is 5. The molecule has 1 fully saturated rings. The molecule has 0 N–H and O–H groups in total. The van der Waals surface area contributed by atoms with Crippen molar-refractivity contribution in [1.82, 2.24) is 23.1 Å². The van der Waals surface area contributed by atoms with Gasteiger partial charge in [0.25, 0.3) is 5.56 Å². The first-order chi connectivity index (χ1) is 14.0. The zero-order valence-corrected chi connectivity index (χ0v) is 17.2. The van der Waals surface area contributed by atoms with Crippen molar-refractivity contribution in [2.45, 2.75) is 45.2 Å². The van der Waals surface area contributed by atoms with Gasteiger partial charge < -0.3 is 4.57 Å². The van der Waals surface area contributed by atoms with Crippen LogP contribution >= 0.6 is 11.6 Å². The molecule has 8 heteroatoms. The van der Waals surface area contributed by atoms with E-state index in [0.717, 1.165) is 29.9 Å². The molecule has 0 unspecified atom stereocenters. The molecule has 0 spiro atoms. The Hall–Kier alpha value is -2.80. The highest BCUT2D eigenvalue weighted by Crippen LogP contribution is 2.33. The van der Waals surface area contributed by atoms with Gasteiger partial charge in [-0.05, 0) is 31.4 Å². The van der Waals surface area contributed by atoms with E-state index in [0.29, 0.717) is 22.2 Å². The molecule has 3 aromatic heterocycles. The fourth-order valence-electron chi connectivity index (χ4n) is 4.58. The summed E-state index contributed by atoms with van der Waals surface area (Å²) >= 11 is 6.26. The van der Waals surface area contributed by atoms with Crippen molar-refractivity contribution in [2.75, 3.05) is 0 Å². The zero-order valence-electron chi connectivity index (χ0n) is 16.4. The number of hydrogen-bond acceptors (Lipinski definition) is 3. The molecule has 150 valence electrons. The van der Waals surface area contributed by atoms with Crippen LogP contribution in [0.1, 0.15) is 43.0 Å². The van der Waals surface area contributed by atoms with Crippen LogP contribution in [-0.4, -0.2) is 23.1 Å². The number of imidazole rings is 2. The van der Waals surface area contributed by atoms with Gasteiger partial charge in [-0.3, -0.25) is 18.3 Å². The highest BCUT2D eigenvalue weighted by Gasteiger charge is 2.25. The van der Waals surface area contributed by atoms with E-state index >= 15 is 0 Å². The smallest absolute Gasteiger partial charge is 0.311 e. The Kier molecular flexibility index (Phi) is 4.17. The lowest BCUT2D eigenvalue weighted by Gasteiger charge is -2.13. The second-order valence-corrected chi connectivity index (χ2v) is 8.26. The quantitative estimate of drug-likeness (QED) is 0.519. The number of benzene rings is 1. The Morgan fingerprint density at radius 1 is 1.17 bits per heavy atom. The first-order valence-corrected chi connectivity index (χ1v) is 10.3. The van der Waals surface area contributed by atoms with Gasteiger partial charge in [0.1, 0.15) is 0 Å². The molecule has 1 saturated carbocycles. The van der Waals surface area contributed by atoms with E-state index < -0.39 is 5.69 Å². The monoisotopic (exact) mass is 411 g/mol. The third-order valence-corrected chi connectivity index (χ3v) is 6.41. The van der Waals surface area contributed by atoms with Gasteiger partial charge >= 0.3 is 5.69 Å². The summed E-state index contributed by atoms with van der Waals surface area (Å²) in [7, 11) is 1.66. The molecule has 0 radical (unpaired) electrons. The van der Waals surface area contributed by atoms with E-state index in [4.69, 9.17) is 16.6 Å². The average molecular weight is 412 g/mol. The van der Waals surface area contributed by atoms with Gasteiger partial charge in [-0.1, -0.05) is 42.6 Å². The minimum atomic E-state index is -0.396. The van der Waals surface area contributed by atoms with Crippen molar-refractivity contribution in [3.63, 3.8) is 0 Å². The second-order valence-electron chi connectivity index (χ2n) is 7.86. The largest absolute Gasteiger partial charge is 0.332 e. The topological polar surface area (TPSA) is 66.2 Å². The number of rotatable bonds is 3. The first kappa shape index (κ1) is 18.2. The fraction of sp³-hybridized carbons (Fsp3) is 0.381. The summed E-state index contributed by atoms with van der Waals surface area (Å²) in [5.74, 6) is 0.729. The molecular formula is C21H22ClN5O2. The molecular weight excluding hydrogens is 390 g/mol. The molecule has 1 aromatic carbocycles. The molecule has 0 saturated heterocycles. The maximum atomic E-state index is 13.4. The first-order valence-electron chi connectivity index (χ1n) is 9.90. The highest BCUT2D eigenvalue weighted by molar-refractivity contribution is 6.31. The zero-order chi connectivity index (χ0) is 20.3. The minimum absolute atomic E-state index is 0.122. The molecule has 29 heavy (non-hydrogen) atoms. The molecule has 5 rings (SSSR count). The highest BCUT2D eigenvalue weighted by atomic mass is 35.5. The Bertz CT molecular complexity index is 1370. The van der Waals surface area contributed by atoms with E-state index in [-0.39, 0.29) is 12.1 Å². The van der Waals surface area contributed by atoms with E-state index in [1.165, 1.54) is 22.0 Å². The summed E-state index contributed by atoms with van der Waals surface area (Å²) in [4.78, 5) is 31.0. The van der Waals surface area contributed by atoms with Gasteiger partial charge in [-0.2, -0.15) is 4.98 Å². The predicted octanol–water partition coefficient (Wildman–Crippen LogP) is 3.27. The lowest BCUT2D eigenvalue weighted by molar-refractivity contribution is 0.520. The van der Waals surface area contributed by atoms with E-state index in [9.17, 15) is 9.59 Å². The molecule has 7 nitrogen and oxygen atoms in total. The third kappa shape index (κ3) is 2.68. The Morgan fingerprint density at radius 3 is 2.62 bits per heavy atom. The van der Waals surface area contributed by atoms with Crippen LogP contribution in [0.15, 0.2) is 40.1 Å². The summed E-state index contributed by atoms with van der Waals surface area (Å²) in [5.41, 5.74) is 1.90. The van der Waals surface area contributed by atoms with Gasteiger partial charge in [-0.15, -0.1) is 0 Å². The average Bonchev–Trinajstić information content (AvgIpc) is 3.40. The van der Waals surface area contributed by atoms with Crippen LogP contribution in [0, 0.1) is 6.92 Å². The number of nitrogens with zero attached hydrogens (tertiary/aromatic N) is 5. The molecule has 0 amide bonds. The van der Waals surface area contributed by atoms with E-state index in [1.807, 2.05) is 35.7 Å². The summed E-state index contributed by atoms with van der Waals surface area (Å²) in [6, 6.07) is 7.65. The molecule has 4 aromatic rings. The van der Waals surface area contributed by atoms with Gasteiger partial charge in [0.2, 0.25) is 5.78 Å². The van der Waals surface area contributed by atoms with E-state index in [2.05, 4.69) is 4.57 Å². The van der Waals surface area contributed by atoms with Crippen molar-refractivity contribution in [2.24, 2.45) is 7.05 Å². The van der Waals surface area contributed by atoms with Crippen molar-refractivity contribution in [1.29, 1.82) is 0 Å². The third-order valence-electron chi connectivity index (χ3n) is 6.04. The summed E-state index contributed by atoms with van der Waals surface area (Å²) in [6.07, 6.45) is 6.60. The molecule has 1 aliphatic rings. The van der Waals surface area contributed by atoms with Crippen LogP contribution in [0.2, 0.25) is 5.02 Å². The molecule has 1 aliphatic carbocycles. The molecule has 0 atom stereocenters. The second kappa shape index (κ2) is 6.62. The lowest BCUT2D eigenvalue weighted by atomic mass is 10.2. The maximum absolute atomic E-state index is 13.4. The fourth-order valence-corrected chi connectivity index (χ4v) is 4.77. The normalized spacial score (nSPS) is 15.1. The van der Waals surface area contributed by atoms with Gasteiger partial charge in [0, 0.05) is 30.0 Å². The predicted molar refractivity (Wildman–Crippen MR) is 113 cm³/mol. The van der Waals surface area contributed by atoms with Crippen molar-refractivity contribution in [3.8, 4) is 0 Å². The van der Waals surface area contributed by atoms with Crippen LogP contribution in [0.25, 0.3) is 16.9 Å². The number of halogens is 1. The maximum Gasteiger partial charge on any atom is 0.332 e. The lowest BCUT2D eigenvalue weighted by Crippen LogP contribution is -2.39. The van der Waals surface area contributed by atoms with Crippen LogP contribution < -0.4 is 11.2 Å². The number of fused-ring (bicyclic) bond motifs is 3. The number of aryl methyl sites for hydroxylation is 2. The van der Waals surface area contributed by atoms with Crippen LogP contribution in [0.3, 0.4) is 0 Å². The van der Waals surface area contributed by atoms with E-state index in [1.54, 1.807) is 13.1 Å². The van der Waals surface area contributed by atoms with Crippen molar-refractivity contribution < 1.29 is 0 Å². The summed E-state index contributed by atoms with van der Waals surface area (Å²) in [6.45, 7) is 2.17. The standard InChI is InChI=1S/C21H22ClN5O2/c1-13-11-25-17-18(23-20(25)27(13)15-8-4-5-9-15)24(2)21(29)26(19(17)28)12-14-7-3-6-10-16(14)22/h3,6-7,10-11,15H,4-5,8-9,12H2,1-2H3. The Labute approximate surface area is 171 Å². The van der Waals surface area contributed by atoms with Gasteiger partial charge in [0.05, 0.1) is 6.54 Å². The molecule has 3 heterocycles. The van der Waals surface area contributed by atoms with Crippen LogP contribution in [0.4, 0.5) is 0 Å². The molecule has 0 aliphatic heterocycles. The summed E-state index contributed by atoms with van der Waals surface area (Å²) < 4.78 is 6.75. The van der Waals surface area contributed by atoms with Gasteiger partial charge in [0.15, 0.2) is 11.2 Å². The minimum Gasteiger partial charge on any atom is -0.311 e.